The molecule has 4 rings (SSSR count). The zero-order valence-electron chi connectivity index (χ0n) is 19.0. The summed E-state index contributed by atoms with van der Waals surface area (Å²) in [5.41, 5.74) is 2.44. The van der Waals surface area contributed by atoms with Crippen LogP contribution in [0.1, 0.15) is 29.2 Å². The predicted octanol–water partition coefficient (Wildman–Crippen LogP) is 5.99. The van der Waals surface area contributed by atoms with Gasteiger partial charge in [0, 0.05) is 21.7 Å². The Morgan fingerprint density at radius 3 is 2.57 bits per heavy atom. The van der Waals surface area contributed by atoms with Gasteiger partial charge in [-0.3, -0.25) is 10.1 Å². The molecule has 35 heavy (non-hydrogen) atoms. The zero-order valence-corrected chi connectivity index (χ0v) is 20.6. The normalized spacial score (nSPS) is 14.0. The standard InChI is InChI=1S/C26H21BrN2O6/c1-3-33-24-14-18(9-12-23(24)34-15-17-7-10-19(27)11-8-17)13-21-26(30)35-25(28-21)20-5-4-6-22(16(20)2)29(31)32/h4-14H,3,15H2,1-2H3/b21-13-. The van der Waals surface area contributed by atoms with Crippen molar-refractivity contribution < 1.29 is 23.9 Å². The lowest BCUT2D eigenvalue weighted by molar-refractivity contribution is -0.385. The van der Waals surface area contributed by atoms with Gasteiger partial charge in [-0.2, -0.15) is 0 Å². The molecule has 0 amide bonds. The average Bonchev–Trinajstić information content (AvgIpc) is 3.19. The molecule has 1 heterocycles. The molecule has 0 spiro atoms. The lowest BCUT2D eigenvalue weighted by atomic mass is 10.1. The van der Waals surface area contributed by atoms with Crippen molar-refractivity contribution >= 4 is 39.6 Å². The number of nitro groups is 1. The first-order chi connectivity index (χ1) is 16.9. The Balaban J connectivity index is 1.59. The first-order valence-corrected chi connectivity index (χ1v) is 11.6. The smallest absolute Gasteiger partial charge is 0.363 e. The molecule has 0 unspecified atom stereocenters. The highest BCUT2D eigenvalue weighted by atomic mass is 79.9. The van der Waals surface area contributed by atoms with Crippen molar-refractivity contribution in [2.45, 2.75) is 20.5 Å². The second-order valence-corrected chi connectivity index (χ2v) is 8.51. The van der Waals surface area contributed by atoms with Crippen LogP contribution in [0.2, 0.25) is 0 Å². The number of hydrogen-bond acceptors (Lipinski definition) is 7. The van der Waals surface area contributed by atoms with Gasteiger partial charge >= 0.3 is 5.97 Å². The lowest BCUT2D eigenvalue weighted by Gasteiger charge is -2.13. The van der Waals surface area contributed by atoms with Crippen LogP contribution in [0.4, 0.5) is 5.69 Å². The van der Waals surface area contributed by atoms with Gasteiger partial charge in [0.05, 0.1) is 11.5 Å². The Bertz CT molecular complexity index is 1350. The van der Waals surface area contributed by atoms with Crippen LogP contribution in [-0.4, -0.2) is 23.4 Å². The molecule has 1 aliphatic heterocycles. The molecule has 0 fully saturated rings. The van der Waals surface area contributed by atoms with Gasteiger partial charge in [0.25, 0.3) is 5.69 Å². The van der Waals surface area contributed by atoms with Crippen molar-refractivity contribution in [2.75, 3.05) is 6.61 Å². The molecule has 8 nitrogen and oxygen atoms in total. The van der Waals surface area contributed by atoms with Gasteiger partial charge in [-0.25, -0.2) is 9.79 Å². The largest absolute Gasteiger partial charge is 0.490 e. The molecule has 0 bridgehead atoms. The number of hydrogen-bond donors (Lipinski definition) is 0. The fourth-order valence-electron chi connectivity index (χ4n) is 3.48. The molecule has 1 aliphatic rings. The van der Waals surface area contributed by atoms with Gasteiger partial charge in [-0.15, -0.1) is 0 Å². The average molecular weight is 537 g/mol. The van der Waals surface area contributed by atoms with Crippen LogP contribution >= 0.6 is 15.9 Å². The van der Waals surface area contributed by atoms with Gasteiger partial charge in [-0.05, 0) is 61.4 Å². The Labute approximate surface area is 210 Å². The lowest BCUT2D eigenvalue weighted by Crippen LogP contribution is -2.08. The first kappa shape index (κ1) is 24.2. The van der Waals surface area contributed by atoms with Gasteiger partial charge < -0.3 is 14.2 Å². The third kappa shape index (κ3) is 5.58. The minimum atomic E-state index is -0.639. The number of carbonyl (C=O) groups is 1. The van der Waals surface area contributed by atoms with E-state index in [2.05, 4.69) is 20.9 Å². The fourth-order valence-corrected chi connectivity index (χ4v) is 3.74. The number of esters is 1. The highest BCUT2D eigenvalue weighted by molar-refractivity contribution is 9.10. The second-order valence-electron chi connectivity index (χ2n) is 7.60. The van der Waals surface area contributed by atoms with Crippen molar-refractivity contribution in [3.8, 4) is 11.5 Å². The summed E-state index contributed by atoms with van der Waals surface area (Å²) in [7, 11) is 0. The van der Waals surface area contributed by atoms with Crippen molar-refractivity contribution in [3.63, 3.8) is 0 Å². The summed E-state index contributed by atoms with van der Waals surface area (Å²) in [6.07, 6.45) is 1.57. The topological polar surface area (TPSA) is 100 Å². The van der Waals surface area contributed by atoms with Crippen molar-refractivity contribution in [3.05, 3.63) is 103 Å². The maximum absolute atomic E-state index is 12.5. The van der Waals surface area contributed by atoms with Crippen molar-refractivity contribution in [1.29, 1.82) is 0 Å². The molecule has 0 radical (unpaired) electrons. The van der Waals surface area contributed by atoms with Gasteiger partial charge in [0.2, 0.25) is 5.90 Å². The minimum Gasteiger partial charge on any atom is -0.490 e. The number of ether oxygens (including phenoxy) is 3. The van der Waals surface area contributed by atoms with E-state index >= 15 is 0 Å². The highest BCUT2D eigenvalue weighted by Gasteiger charge is 2.27. The summed E-state index contributed by atoms with van der Waals surface area (Å²) in [6, 6.07) is 17.7. The highest BCUT2D eigenvalue weighted by Crippen LogP contribution is 2.31. The molecule has 0 atom stereocenters. The summed E-state index contributed by atoms with van der Waals surface area (Å²) in [5, 5.41) is 11.2. The summed E-state index contributed by atoms with van der Waals surface area (Å²) >= 11 is 3.42. The van der Waals surface area contributed by atoms with Crippen LogP contribution in [-0.2, 0) is 16.1 Å². The van der Waals surface area contributed by atoms with E-state index in [1.54, 1.807) is 37.3 Å². The maximum atomic E-state index is 12.5. The third-order valence-corrected chi connectivity index (χ3v) is 5.76. The number of benzene rings is 3. The molecule has 0 aromatic heterocycles. The second kappa shape index (κ2) is 10.5. The molecule has 0 aliphatic carbocycles. The molecule has 0 N–H and O–H groups in total. The van der Waals surface area contributed by atoms with Crippen LogP contribution in [0.3, 0.4) is 0 Å². The number of rotatable bonds is 8. The molecule has 3 aromatic carbocycles. The van der Waals surface area contributed by atoms with E-state index in [1.165, 1.54) is 12.1 Å². The first-order valence-electron chi connectivity index (χ1n) is 10.8. The summed E-state index contributed by atoms with van der Waals surface area (Å²) in [5.74, 6) is 0.493. The van der Waals surface area contributed by atoms with E-state index in [1.807, 2.05) is 31.2 Å². The van der Waals surface area contributed by atoms with E-state index in [4.69, 9.17) is 14.2 Å². The molecule has 3 aromatic rings. The number of carbonyl (C=O) groups excluding carboxylic acids is 1. The predicted molar refractivity (Wildman–Crippen MR) is 135 cm³/mol. The van der Waals surface area contributed by atoms with Crippen LogP contribution < -0.4 is 9.47 Å². The van der Waals surface area contributed by atoms with E-state index < -0.39 is 10.9 Å². The number of cyclic esters (lactones) is 1. The molecular weight excluding hydrogens is 516 g/mol. The Kier molecular flexibility index (Phi) is 7.26. The fraction of sp³-hybridized carbons (Fsp3) is 0.154. The van der Waals surface area contributed by atoms with Gasteiger partial charge in [0.1, 0.15) is 6.61 Å². The molecule has 0 saturated heterocycles. The van der Waals surface area contributed by atoms with Crippen LogP contribution in [0.5, 0.6) is 11.5 Å². The van der Waals surface area contributed by atoms with Gasteiger partial charge in [-0.1, -0.05) is 40.2 Å². The summed E-state index contributed by atoms with van der Waals surface area (Å²) in [4.78, 5) is 27.5. The monoisotopic (exact) mass is 536 g/mol. The molecule has 0 saturated carbocycles. The summed E-state index contributed by atoms with van der Waals surface area (Å²) < 4.78 is 18.0. The Morgan fingerprint density at radius 2 is 1.86 bits per heavy atom. The molecular formula is C26H21BrN2O6. The van der Waals surface area contributed by atoms with Crippen LogP contribution in [0, 0.1) is 17.0 Å². The van der Waals surface area contributed by atoms with E-state index in [9.17, 15) is 14.9 Å². The third-order valence-electron chi connectivity index (χ3n) is 5.23. The van der Waals surface area contributed by atoms with Crippen LogP contribution in [0.15, 0.2) is 75.8 Å². The molecule has 9 heteroatoms. The van der Waals surface area contributed by atoms with E-state index in [0.29, 0.717) is 41.4 Å². The maximum Gasteiger partial charge on any atom is 0.363 e. The quantitative estimate of drug-likeness (QED) is 0.152. The van der Waals surface area contributed by atoms with Crippen molar-refractivity contribution in [2.24, 2.45) is 4.99 Å². The van der Waals surface area contributed by atoms with Gasteiger partial charge in [0.15, 0.2) is 17.2 Å². The Hall–Kier alpha value is -3.98. The van der Waals surface area contributed by atoms with Crippen molar-refractivity contribution in [1.82, 2.24) is 0 Å². The number of aliphatic imine (C=N–C) groups is 1. The summed E-state index contributed by atoms with van der Waals surface area (Å²) in [6.45, 7) is 4.27. The number of nitro benzene ring substituents is 1. The van der Waals surface area contributed by atoms with E-state index in [0.717, 1.165) is 10.0 Å². The number of nitrogens with zero attached hydrogens (tertiary/aromatic N) is 2. The minimum absolute atomic E-state index is 0.0296. The molecule has 178 valence electrons. The van der Waals surface area contributed by atoms with E-state index in [-0.39, 0.29) is 17.3 Å². The van der Waals surface area contributed by atoms with Crippen LogP contribution in [0.25, 0.3) is 6.08 Å². The zero-order chi connectivity index (χ0) is 24.9. The SMILES string of the molecule is CCOc1cc(/C=C2\N=C(c3cccc([N+](=O)[O-])c3C)OC2=O)ccc1OCc1ccc(Br)cc1. The number of halogens is 1. The Morgan fingerprint density at radius 1 is 1.09 bits per heavy atom.